The van der Waals surface area contributed by atoms with Crippen molar-refractivity contribution in [2.24, 2.45) is 0 Å². The SMILES string of the molecule is C[Si](C)(C)c1cccc2c1CCN2C(=O)Cc1nc(N2CCOCC2)sc1C(=O)O. The molecule has 160 valence electrons. The normalized spacial score (nSPS) is 16.6. The van der Waals surface area contributed by atoms with Gasteiger partial charge >= 0.3 is 5.97 Å². The largest absolute Gasteiger partial charge is 0.477 e. The molecule has 1 N–H and O–H groups in total. The molecule has 4 rings (SSSR count). The van der Waals surface area contributed by atoms with Gasteiger partial charge < -0.3 is 19.6 Å². The molecule has 2 aromatic rings. The second-order valence-electron chi connectivity index (χ2n) is 8.70. The molecule has 0 spiro atoms. The van der Waals surface area contributed by atoms with Gasteiger partial charge in [-0.15, -0.1) is 0 Å². The van der Waals surface area contributed by atoms with Crippen LogP contribution in [0.15, 0.2) is 18.2 Å². The van der Waals surface area contributed by atoms with E-state index in [4.69, 9.17) is 4.74 Å². The van der Waals surface area contributed by atoms with Crippen LogP contribution in [0.1, 0.15) is 20.9 Å². The monoisotopic (exact) mass is 445 g/mol. The van der Waals surface area contributed by atoms with Crippen molar-refractivity contribution >= 4 is 47.3 Å². The molecule has 1 saturated heterocycles. The number of hydrogen-bond donors (Lipinski definition) is 1. The minimum Gasteiger partial charge on any atom is -0.477 e. The Morgan fingerprint density at radius 2 is 1.93 bits per heavy atom. The number of morpholine rings is 1. The molecular weight excluding hydrogens is 418 g/mol. The van der Waals surface area contributed by atoms with E-state index in [0.717, 1.165) is 23.4 Å². The summed E-state index contributed by atoms with van der Waals surface area (Å²) in [6.45, 7) is 10.1. The van der Waals surface area contributed by atoms with Crippen molar-refractivity contribution in [3.8, 4) is 0 Å². The highest BCUT2D eigenvalue weighted by atomic mass is 32.1. The summed E-state index contributed by atoms with van der Waals surface area (Å²) in [5, 5.41) is 11.7. The van der Waals surface area contributed by atoms with E-state index < -0.39 is 14.0 Å². The molecular formula is C21H27N3O4SSi. The van der Waals surface area contributed by atoms with Crippen molar-refractivity contribution in [2.75, 3.05) is 42.6 Å². The number of benzene rings is 1. The molecule has 0 aliphatic carbocycles. The first-order valence-electron chi connectivity index (χ1n) is 10.2. The van der Waals surface area contributed by atoms with Crippen molar-refractivity contribution in [3.05, 3.63) is 34.3 Å². The summed E-state index contributed by atoms with van der Waals surface area (Å²) in [5.41, 5.74) is 2.60. The smallest absolute Gasteiger partial charge is 0.347 e. The molecule has 1 amide bonds. The Kier molecular flexibility index (Phi) is 5.69. The van der Waals surface area contributed by atoms with Crippen LogP contribution in [0.2, 0.25) is 19.6 Å². The third-order valence-corrected chi connectivity index (χ3v) is 8.85. The third-order valence-electron chi connectivity index (χ3n) is 5.62. The summed E-state index contributed by atoms with van der Waals surface area (Å²) in [6, 6.07) is 6.22. The molecule has 0 bridgehead atoms. The number of fused-ring (bicyclic) bond motifs is 1. The molecule has 9 heteroatoms. The zero-order chi connectivity index (χ0) is 21.5. The zero-order valence-electron chi connectivity index (χ0n) is 17.6. The van der Waals surface area contributed by atoms with Gasteiger partial charge in [-0.1, -0.05) is 48.3 Å². The molecule has 3 heterocycles. The number of aromatic carboxylic acids is 1. The summed E-state index contributed by atoms with van der Waals surface area (Å²) in [4.78, 5) is 33.5. The van der Waals surface area contributed by atoms with Crippen LogP contribution in [-0.2, 0) is 22.4 Å². The lowest BCUT2D eigenvalue weighted by molar-refractivity contribution is -0.117. The standard InChI is InChI=1S/C21H27N3O4SSi/c1-30(2,3)17-6-4-5-16-14(17)7-8-24(16)18(25)13-15-19(20(26)27)29-21(22-15)23-9-11-28-12-10-23/h4-6H,7-13H2,1-3H3,(H,26,27). The zero-order valence-corrected chi connectivity index (χ0v) is 19.4. The Morgan fingerprint density at radius 3 is 2.60 bits per heavy atom. The van der Waals surface area contributed by atoms with Crippen LogP contribution in [0.25, 0.3) is 0 Å². The Bertz CT molecular complexity index is 979. The lowest BCUT2D eigenvalue weighted by Crippen LogP contribution is -2.39. The van der Waals surface area contributed by atoms with Gasteiger partial charge in [0.05, 0.1) is 33.4 Å². The average molecular weight is 446 g/mol. The molecule has 0 atom stereocenters. The van der Waals surface area contributed by atoms with Crippen LogP contribution >= 0.6 is 11.3 Å². The number of carbonyl (C=O) groups excluding carboxylic acids is 1. The van der Waals surface area contributed by atoms with E-state index in [9.17, 15) is 14.7 Å². The van der Waals surface area contributed by atoms with Gasteiger partial charge in [0.15, 0.2) is 5.13 Å². The number of carboxylic acids is 1. The number of nitrogens with zero attached hydrogens (tertiary/aromatic N) is 3. The Balaban J connectivity index is 1.58. The van der Waals surface area contributed by atoms with Crippen molar-refractivity contribution in [1.82, 2.24) is 4.98 Å². The topological polar surface area (TPSA) is 83.0 Å². The van der Waals surface area contributed by atoms with Crippen LogP contribution in [-0.4, -0.2) is 62.9 Å². The molecule has 2 aliphatic rings. The van der Waals surface area contributed by atoms with Gasteiger partial charge in [0.25, 0.3) is 0 Å². The molecule has 0 unspecified atom stereocenters. The highest BCUT2D eigenvalue weighted by Gasteiger charge is 2.32. The van der Waals surface area contributed by atoms with Crippen LogP contribution in [0, 0.1) is 0 Å². The van der Waals surface area contributed by atoms with E-state index in [-0.39, 0.29) is 17.2 Å². The van der Waals surface area contributed by atoms with Gasteiger partial charge in [-0.05, 0) is 18.1 Å². The summed E-state index contributed by atoms with van der Waals surface area (Å²) < 4.78 is 5.37. The molecule has 7 nitrogen and oxygen atoms in total. The number of hydrogen-bond acceptors (Lipinski definition) is 6. The van der Waals surface area contributed by atoms with Crippen LogP contribution in [0.5, 0.6) is 0 Å². The molecule has 2 aliphatic heterocycles. The van der Waals surface area contributed by atoms with E-state index >= 15 is 0 Å². The number of carbonyl (C=O) groups is 2. The Morgan fingerprint density at radius 1 is 1.20 bits per heavy atom. The lowest BCUT2D eigenvalue weighted by atomic mass is 10.1. The van der Waals surface area contributed by atoms with E-state index in [1.165, 1.54) is 10.8 Å². The quantitative estimate of drug-likeness (QED) is 0.712. The van der Waals surface area contributed by atoms with Crippen LogP contribution < -0.4 is 15.0 Å². The average Bonchev–Trinajstić information content (AvgIpc) is 3.32. The number of carboxylic acid groups (broad SMARTS) is 1. The molecule has 30 heavy (non-hydrogen) atoms. The lowest BCUT2D eigenvalue weighted by Gasteiger charge is -2.26. The fourth-order valence-corrected chi connectivity index (χ4v) is 6.88. The first-order valence-corrected chi connectivity index (χ1v) is 14.6. The number of ether oxygens (including phenoxy) is 1. The summed E-state index contributed by atoms with van der Waals surface area (Å²) in [7, 11) is -1.51. The van der Waals surface area contributed by atoms with Gasteiger partial charge in [0, 0.05) is 25.3 Å². The number of aromatic nitrogens is 1. The predicted molar refractivity (Wildman–Crippen MR) is 121 cm³/mol. The highest BCUT2D eigenvalue weighted by molar-refractivity contribution is 7.17. The van der Waals surface area contributed by atoms with Gasteiger partial charge in [-0.25, -0.2) is 9.78 Å². The van der Waals surface area contributed by atoms with Gasteiger partial charge in [0.2, 0.25) is 5.91 Å². The van der Waals surface area contributed by atoms with Crippen molar-refractivity contribution in [3.63, 3.8) is 0 Å². The van der Waals surface area contributed by atoms with Crippen molar-refractivity contribution in [2.45, 2.75) is 32.5 Å². The molecule has 0 radical (unpaired) electrons. The Hall–Kier alpha value is -2.23. The van der Waals surface area contributed by atoms with Crippen molar-refractivity contribution in [1.29, 1.82) is 0 Å². The second-order valence-corrected chi connectivity index (χ2v) is 14.7. The fourth-order valence-electron chi connectivity index (χ4n) is 4.15. The molecule has 1 aromatic heterocycles. The number of thiazole rings is 1. The first kappa shape index (κ1) is 21.0. The minimum absolute atomic E-state index is 0.000905. The van der Waals surface area contributed by atoms with Crippen LogP contribution in [0.4, 0.5) is 10.8 Å². The summed E-state index contributed by atoms with van der Waals surface area (Å²) >= 11 is 1.14. The Labute approximate surface area is 181 Å². The molecule has 1 fully saturated rings. The first-order chi connectivity index (χ1) is 14.3. The summed E-state index contributed by atoms with van der Waals surface area (Å²) in [6.07, 6.45) is 0.850. The maximum atomic E-state index is 13.2. The van der Waals surface area contributed by atoms with Crippen molar-refractivity contribution < 1.29 is 19.4 Å². The highest BCUT2D eigenvalue weighted by Crippen LogP contribution is 2.31. The maximum Gasteiger partial charge on any atom is 0.347 e. The van der Waals surface area contributed by atoms with E-state index in [0.29, 0.717) is 43.7 Å². The minimum atomic E-state index is -1.51. The van der Waals surface area contributed by atoms with Gasteiger partial charge in [-0.2, -0.15) is 0 Å². The summed E-state index contributed by atoms with van der Waals surface area (Å²) in [5.74, 6) is -1.12. The predicted octanol–water partition coefficient (Wildman–Crippen LogP) is 2.35. The van der Waals surface area contributed by atoms with Gasteiger partial charge in [-0.3, -0.25) is 4.79 Å². The molecule has 1 aromatic carbocycles. The fraction of sp³-hybridized carbons (Fsp3) is 0.476. The number of rotatable bonds is 5. The van der Waals surface area contributed by atoms with Gasteiger partial charge in [0.1, 0.15) is 4.88 Å². The van der Waals surface area contributed by atoms with Crippen LogP contribution in [0.3, 0.4) is 0 Å². The number of anilines is 2. The van der Waals surface area contributed by atoms with E-state index in [2.05, 4.69) is 30.7 Å². The van der Waals surface area contributed by atoms with E-state index in [1.807, 2.05) is 17.0 Å². The van der Waals surface area contributed by atoms with E-state index in [1.54, 1.807) is 4.90 Å². The number of amides is 1. The second kappa shape index (κ2) is 8.13. The third kappa shape index (κ3) is 4.01. The maximum absolute atomic E-state index is 13.2. The molecule has 0 saturated carbocycles.